The summed E-state index contributed by atoms with van der Waals surface area (Å²) >= 11 is 0. The van der Waals surface area contributed by atoms with Crippen LogP contribution in [-0.2, 0) is 14.9 Å². The van der Waals surface area contributed by atoms with Crippen LogP contribution in [0.1, 0.15) is 38.2 Å². The summed E-state index contributed by atoms with van der Waals surface area (Å²) in [6.07, 6.45) is 4.09. The molecule has 0 unspecified atom stereocenters. The highest BCUT2D eigenvalue weighted by molar-refractivity contribution is 14.0. The number of rotatable bonds is 5. The van der Waals surface area contributed by atoms with Crippen LogP contribution in [0.4, 0.5) is 0 Å². The molecule has 3 rings (SSSR count). The normalized spacial score (nSPS) is 19.5. The average molecular weight is 471 g/mol. The van der Waals surface area contributed by atoms with Gasteiger partial charge in [0.15, 0.2) is 5.96 Å². The summed E-state index contributed by atoms with van der Waals surface area (Å²) in [6, 6.07) is 10.7. The molecule has 144 valence electrons. The summed E-state index contributed by atoms with van der Waals surface area (Å²) in [5.74, 6) is 0.929. The fourth-order valence-electron chi connectivity index (χ4n) is 3.63. The molecule has 1 aromatic rings. The maximum atomic E-state index is 11.7. The summed E-state index contributed by atoms with van der Waals surface area (Å²) < 4.78 is 4.88. The quantitative estimate of drug-likeness (QED) is 0.310. The van der Waals surface area contributed by atoms with Crippen molar-refractivity contribution in [1.29, 1.82) is 0 Å². The van der Waals surface area contributed by atoms with Crippen LogP contribution in [0.15, 0.2) is 35.3 Å². The van der Waals surface area contributed by atoms with Gasteiger partial charge in [-0.3, -0.25) is 9.79 Å². The number of nitrogens with zero attached hydrogens (tertiary/aromatic N) is 2. The van der Waals surface area contributed by atoms with E-state index in [0.29, 0.717) is 0 Å². The Morgan fingerprint density at radius 3 is 2.46 bits per heavy atom. The standard InChI is InChI=1S/C20H29N3O2.HI/c1-3-21-19(23-13-9-16(10-14-23)18(24)25-2)22-15-20(11-12-20)17-7-5-4-6-8-17;/h4-8,16H,3,9-15H2,1-2H3,(H,21,22);1H. The number of hydrogen-bond acceptors (Lipinski definition) is 3. The Morgan fingerprint density at radius 2 is 1.92 bits per heavy atom. The number of aliphatic imine (C=N–C) groups is 1. The van der Waals surface area contributed by atoms with Gasteiger partial charge in [-0.2, -0.15) is 0 Å². The Labute approximate surface area is 173 Å². The molecule has 1 saturated carbocycles. The molecule has 26 heavy (non-hydrogen) atoms. The van der Waals surface area contributed by atoms with Crippen LogP contribution in [0.2, 0.25) is 0 Å². The third-order valence-corrected chi connectivity index (χ3v) is 5.44. The summed E-state index contributed by atoms with van der Waals surface area (Å²) in [5.41, 5.74) is 1.63. The van der Waals surface area contributed by atoms with Crippen molar-refractivity contribution in [2.24, 2.45) is 10.9 Å². The van der Waals surface area contributed by atoms with Gasteiger partial charge in [-0.1, -0.05) is 30.3 Å². The number of methoxy groups -OCH3 is 1. The first-order chi connectivity index (χ1) is 12.2. The molecule has 0 amide bonds. The number of hydrogen-bond donors (Lipinski definition) is 1. The second kappa shape index (κ2) is 9.58. The number of piperidine rings is 1. The van der Waals surface area contributed by atoms with Gasteiger partial charge in [0.2, 0.25) is 0 Å². The Hall–Kier alpha value is -1.31. The van der Waals surface area contributed by atoms with E-state index in [1.54, 1.807) is 0 Å². The van der Waals surface area contributed by atoms with Crippen molar-refractivity contribution in [3.8, 4) is 0 Å². The number of halogens is 1. The number of guanidine groups is 1. The van der Waals surface area contributed by atoms with Gasteiger partial charge >= 0.3 is 5.97 Å². The van der Waals surface area contributed by atoms with Crippen molar-refractivity contribution < 1.29 is 9.53 Å². The Balaban J connectivity index is 0.00000243. The van der Waals surface area contributed by atoms with E-state index in [1.807, 2.05) is 0 Å². The summed E-state index contributed by atoms with van der Waals surface area (Å²) in [6.45, 7) is 5.49. The molecular weight excluding hydrogens is 441 g/mol. The number of likely N-dealkylation sites (tertiary alicyclic amines) is 1. The first-order valence-electron chi connectivity index (χ1n) is 9.35. The fraction of sp³-hybridized carbons (Fsp3) is 0.600. The number of carbonyl (C=O) groups excluding carboxylic acids is 1. The average Bonchev–Trinajstić information content (AvgIpc) is 3.46. The van der Waals surface area contributed by atoms with E-state index >= 15 is 0 Å². The SMILES string of the molecule is CCNC(=NCC1(c2ccccc2)CC1)N1CCC(C(=O)OC)CC1.I. The van der Waals surface area contributed by atoms with Crippen LogP contribution in [0.3, 0.4) is 0 Å². The van der Waals surface area contributed by atoms with Crippen LogP contribution < -0.4 is 5.32 Å². The molecular formula is C20H30IN3O2. The van der Waals surface area contributed by atoms with E-state index in [1.165, 1.54) is 25.5 Å². The van der Waals surface area contributed by atoms with Crippen molar-refractivity contribution in [2.75, 3.05) is 33.3 Å². The van der Waals surface area contributed by atoms with Crippen molar-refractivity contribution in [2.45, 2.75) is 38.0 Å². The van der Waals surface area contributed by atoms with E-state index in [9.17, 15) is 4.79 Å². The van der Waals surface area contributed by atoms with Gasteiger partial charge in [0.25, 0.3) is 0 Å². The van der Waals surface area contributed by atoms with Gasteiger partial charge in [0, 0.05) is 25.0 Å². The maximum Gasteiger partial charge on any atom is 0.308 e. The molecule has 0 spiro atoms. The Bertz CT molecular complexity index is 609. The van der Waals surface area contributed by atoms with E-state index in [4.69, 9.17) is 9.73 Å². The van der Waals surface area contributed by atoms with Crippen LogP contribution in [0.25, 0.3) is 0 Å². The minimum atomic E-state index is -0.0809. The molecule has 5 nitrogen and oxygen atoms in total. The number of carbonyl (C=O) groups is 1. The number of nitrogens with one attached hydrogen (secondary N) is 1. The molecule has 2 aliphatic rings. The van der Waals surface area contributed by atoms with E-state index in [2.05, 4.69) is 47.5 Å². The lowest BCUT2D eigenvalue weighted by atomic mass is 9.96. The molecule has 0 radical (unpaired) electrons. The first kappa shape index (κ1) is 21.0. The molecule has 1 saturated heterocycles. The summed E-state index contributed by atoms with van der Waals surface area (Å²) in [4.78, 5) is 18.9. The van der Waals surface area contributed by atoms with Crippen LogP contribution in [0, 0.1) is 5.92 Å². The third kappa shape index (κ3) is 4.90. The number of ether oxygens (including phenoxy) is 1. The van der Waals surface area contributed by atoms with E-state index in [-0.39, 0.29) is 41.3 Å². The predicted molar refractivity (Wildman–Crippen MR) is 115 cm³/mol. The smallest absolute Gasteiger partial charge is 0.308 e. The summed E-state index contributed by atoms with van der Waals surface area (Å²) in [7, 11) is 1.47. The highest BCUT2D eigenvalue weighted by Gasteiger charge is 2.44. The second-order valence-electron chi connectivity index (χ2n) is 7.10. The monoisotopic (exact) mass is 471 g/mol. The minimum absolute atomic E-state index is 0. The molecule has 0 atom stereocenters. The predicted octanol–water partition coefficient (Wildman–Crippen LogP) is 3.19. The molecule has 1 aromatic carbocycles. The maximum absolute atomic E-state index is 11.7. The van der Waals surface area contributed by atoms with Gasteiger partial charge < -0.3 is 15.0 Å². The lowest BCUT2D eigenvalue weighted by Gasteiger charge is -2.33. The molecule has 6 heteroatoms. The number of esters is 1. The van der Waals surface area contributed by atoms with Crippen molar-refractivity contribution >= 4 is 35.9 Å². The minimum Gasteiger partial charge on any atom is -0.469 e. The summed E-state index contributed by atoms with van der Waals surface area (Å²) in [5, 5.41) is 3.42. The molecule has 1 aliphatic heterocycles. The Kier molecular flexibility index (Phi) is 7.73. The largest absolute Gasteiger partial charge is 0.469 e. The van der Waals surface area contributed by atoms with Crippen LogP contribution >= 0.6 is 24.0 Å². The highest BCUT2D eigenvalue weighted by Crippen LogP contribution is 2.48. The molecule has 1 N–H and O–H groups in total. The van der Waals surface area contributed by atoms with Crippen molar-refractivity contribution in [3.63, 3.8) is 0 Å². The molecule has 0 aromatic heterocycles. The lowest BCUT2D eigenvalue weighted by molar-refractivity contribution is -0.146. The molecule has 1 aliphatic carbocycles. The zero-order chi connectivity index (χ0) is 17.7. The van der Waals surface area contributed by atoms with Crippen molar-refractivity contribution in [3.05, 3.63) is 35.9 Å². The van der Waals surface area contributed by atoms with Gasteiger partial charge in [-0.05, 0) is 38.2 Å². The Morgan fingerprint density at radius 1 is 1.27 bits per heavy atom. The van der Waals surface area contributed by atoms with Gasteiger partial charge in [-0.25, -0.2) is 0 Å². The van der Waals surface area contributed by atoms with E-state index in [0.717, 1.165) is 45.0 Å². The zero-order valence-electron chi connectivity index (χ0n) is 15.7. The first-order valence-corrected chi connectivity index (χ1v) is 9.35. The fourth-order valence-corrected chi connectivity index (χ4v) is 3.63. The van der Waals surface area contributed by atoms with Gasteiger partial charge in [0.1, 0.15) is 0 Å². The molecule has 0 bridgehead atoms. The molecule has 1 heterocycles. The van der Waals surface area contributed by atoms with E-state index < -0.39 is 0 Å². The van der Waals surface area contributed by atoms with Gasteiger partial charge in [-0.15, -0.1) is 24.0 Å². The van der Waals surface area contributed by atoms with Crippen molar-refractivity contribution in [1.82, 2.24) is 10.2 Å². The second-order valence-corrected chi connectivity index (χ2v) is 7.10. The van der Waals surface area contributed by atoms with Crippen LogP contribution in [-0.4, -0.2) is 50.1 Å². The zero-order valence-corrected chi connectivity index (χ0v) is 18.1. The number of benzene rings is 1. The molecule has 2 fully saturated rings. The van der Waals surface area contributed by atoms with Crippen LogP contribution in [0.5, 0.6) is 0 Å². The lowest BCUT2D eigenvalue weighted by Crippen LogP contribution is -2.47. The highest BCUT2D eigenvalue weighted by atomic mass is 127. The van der Waals surface area contributed by atoms with Gasteiger partial charge in [0.05, 0.1) is 19.6 Å². The topological polar surface area (TPSA) is 53.9 Å². The third-order valence-electron chi connectivity index (χ3n) is 5.44.